The molecule has 1 fully saturated rings. The first-order valence-electron chi connectivity index (χ1n) is 9.29. The molecule has 0 N–H and O–H groups in total. The van der Waals surface area contributed by atoms with Gasteiger partial charge < -0.3 is 4.74 Å². The summed E-state index contributed by atoms with van der Waals surface area (Å²) >= 11 is 0. The average molecular weight is 336 g/mol. The van der Waals surface area contributed by atoms with Crippen LogP contribution < -0.4 is 4.74 Å². The van der Waals surface area contributed by atoms with Gasteiger partial charge in [-0.2, -0.15) is 0 Å². The molecule has 4 rings (SSSR count). The Labute approximate surface area is 151 Å². The molecule has 2 aliphatic carbocycles. The van der Waals surface area contributed by atoms with Crippen molar-refractivity contribution in [3.05, 3.63) is 60.2 Å². The van der Waals surface area contributed by atoms with Crippen LogP contribution in [0.4, 0.5) is 0 Å². The normalized spacial score (nSPS) is 20.5. The molecule has 3 nitrogen and oxygen atoms in total. The Morgan fingerprint density at radius 3 is 2.76 bits per heavy atom. The number of imidazole rings is 1. The van der Waals surface area contributed by atoms with Crippen LogP contribution in [0.25, 0.3) is 11.3 Å². The van der Waals surface area contributed by atoms with Crippen LogP contribution >= 0.6 is 0 Å². The smallest absolute Gasteiger partial charge is 0.140 e. The Balaban J connectivity index is 0.000000880. The molecule has 132 valence electrons. The average Bonchev–Trinajstić information content (AvgIpc) is 3.29. The summed E-state index contributed by atoms with van der Waals surface area (Å²) in [4.78, 5) is 4.63. The van der Waals surface area contributed by atoms with Crippen molar-refractivity contribution in [1.82, 2.24) is 9.55 Å². The molecule has 2 aromatic rings. The summed E-state index contributed by atoms with van der Waals surface area (Å²) < 4.78 is 7.77. The van der Waals surface area contributed by atoms with E-state index in [1.54, 1.807) is 7.11 Å². The van der Waals surface area contributed by atoms with Crippen LogP contribution in [0, 0.1) is 11.8 Å². The van der Waals surface area contributed by atoms with Crippen LogP contribution in [0.15, 0.2) is 48.8 Å². The Kier molecular flexibility index (Phi) is 5.12. The van der Waals surface area contributed by atoms with Crippen molar-refractivity contribution in [1.29, 1.82) is 0 Å². The van der Waals surface area contributed by atoms with Crippen LogP contribution in [-0.4, -0.2) is 16.7 Å². The van der Waals surface area contributed by atoms with Gasteiger partial charge in [0.1, 0.15) is 11.6 Å². The molecule has 0 saturated heterocycles. The minimum absolute atomic E-state index is 0.444. The SMILES string of the molecule is CC.COc1cc(-n2ccnc2C2=CC=CC3CC23)ccc1C(C)C. The molecule has 1 saturated carbocycles. The summed E-state index contributed by atoms with van der Waals surface area (Å²) in [6.07, 6.45) is 11.9. The van der Waals surface area contributed by atoms with E-state index in [2.05, 4.69) is 59.8 Å². The third kappa shape index (κ3) is 3.28. The third-order valence-corrected chi connectivity index (χ3v) is 4.89. The molecule has 0 spiro atoms. The fourth-order valence-electron chi connectivity index (χ4n) is 3.50. The molecule has 1 aromatic carbocycles. The van der Waals surface area contributed by atoms with E-state index in [0.717, 1.165) is 23.2 Å². The van der Waals surface area contributed by atoms with Gasteiger partial charge in [0.05, 0.1) is 12.8 Å². The zero-order valence-electron chi connectivity index (χ0n) is 15.9. The highest BCUT2D eigenvalue weighted by Gasteiger charge is 2.41. The number of allylic oxidation sites excluding steroid dienone is 4. The lowest BCUT2D eigenvalue weighted by Gasteiger charge is -2.16. The van der Waals surface area contributed by atoms with Gasteiger partial charge in [-0.15, -0.1) is 0 Å². The minimum Gasteiger partial charge on any atom is -0.496 e. The minimum atomic E-state index is 0.444. The summed E-state index contributed by atoms with van der Waals surface area (Å²) in [6.45, 7) is 8.37. The topological polar surface area (TPSA) is 27.1 Å². The van der Waals surface area contributed by atoms with Crippen molar-refractivity contribution < 1.29 is 4.74 Å². The van der Waals surface area contributed by atoms with Gasteiger partial charge >= 0.3 is 0 Å². The zero-order valence-corrected chi connectivity index (χ0v) is 15.9. The van der Waals surface area contributed by atoms with E-state index in [1.807, 2.05) is 26.2 Å². The van der Waals surface area contributed by atoms with Crippen molar-refractivity contribution in [2.24, 2.45) is 11.8 Å². The second-order valence-corrected chi connectivity index (χ2v) is 6.71. The molecule has 2 aliphatic rings. The number of nitrogens with zero attached hydrogens (tertiary/aromatic N) is 2. The Morgan fingerprint density at radius 2 is 2.04 bits per heavy atom. The van der Waals surface area contributed by atoms with E-state index in [1.165, 1.54) is 17.6 Å². The number of hydrogen-bond acceptors (Lipinski definition) is 2. The van der Waals surface area contributed by atoms with Gasteiger partial charge in [-0.05, 0) is 41.4 Å². The molecular weight excluding hydrogens is 308 g/mol. The van der Waals surface area contributed by atoms with E-state index in [4.69, 9.17) is 4.74 Å². The number of benzene rings is 1. The fourth-order valence-corrected chi connectivity index (χ4v) is 3.50. The molecular formula is C22H28N2O. The maximum atomic E-state index is 5.60. The van der Waals surface area contributed by atoms with E-state index in [0.29, 0.717) is 11.8 Å². The fraction of sp³-hybridized carbons (Fsp3) is 0.409. The first-order valence-corrected chi connectivity index (χ1v) is 9.29. The van der Waals surface area contributed by atoms with Crippen molar-refractivity contribution in [2.45, 2.75) is 40.0 Å². The molecule has 3 heteroatoms. The summed E-state index contributed by atoms with van der Waals surface area (Å²) in [5.41, 5.74) is 3.70. The van der Waals surface area contributed by atoms with E-state index in [-0.39, 0.29) is 0 Å². The second kappa shape index (κ2) is 7.30. The van der Waals surface area contributed by atoms with Gasteiger partial charge in [0.25, 0.3) is 0 Å². The molecule has 1 aromatic heterocycles. The van der Waals surface area contributed by atoms with Gasteiger partial charge in [0.2, 0.25) is 0 Å². The number of methoxy groups -OCH3 is 1. The molecule has 2 unspecified atom stereocenters. The van der Waals surface area contributed by atoms with Gasteiger partial charge in [-0.25, -0.2) is 4.98 Å². The summed E-state index contributed by atoms with van der Waals surface area (Å²) in [5.74, 6) is 3.82. The number of ether oxygens (including phenoxy) is 1. The van der Waals surface area contributed by atoms with Crippen molar-refractivity contribution in [3.63, 3.8) is 0 Å². The van der Waals surface area contributed by atoms with E-state index < -0.39 is 0 Å². The summed E-state index contributed by atoms with van der Waals surface area (Å²) in [7, 11) is 1.74. The highest BCUT2D eigenvalue weighted by atomic mass is 16.5. The molecule has 0 radical (unpaired) electrons. The summed E-state index contributed by atoms with van der Waals surface area (Å²) in [6, 6.07) is 6.44. The van der Waals surface area contributed by atoms with E-state index in [9.17, 15) is 0 Å². The Hall–Kier alpha value is -2.29. The molecule has 0 amide bonds. The maximum absolute atomic E-state index is 5.60. The lowest BCUT2D eigenvalue weighted by atomic mass is 10.0. The van der Waals surface area contributed by atoms with Gasteiger partial charge in [-0.1, -0.05) is 52.0 Å². The largest absolute Gasteiger partial charge is 0.496 e. The van der Waals surface area contributed by atoms with Crippen LogP contribution in [0.1, 0.15) is 51.4 Å². The summed E-state index contributed by atoms with van der Waals surface area (Å²) in [5, 5.41) is 0. The molecule has 0 bridgehead atoms. The van der Waals surface area contributed by atoms with Crippen molar-refractivity contribution in [2.75, 3.05) is 7.11 Å². The first kappa shape index (κ1) is 17.5. The van der Waals surface area contributed by atoms with Crippen molar-refractivity contribution in [3.8, 4) is 11.4 Å². The Bertz CT molecular complexity index is 798. The Morgan fingerprint density at radius 1 is 1.24 bits per heavy atom. The van der Waals surface area contributed by atoms with Crippen LogP contribution in [0.3, 0.4) is 0 Å². The van der Waals surface area contributed by atoms with Gasteiger partial charge in [0.15, 0.2) is 0 Å². The standard InChI is InChI=1S/C20H22N2O.C2H6/c1-13(2)16-8-7-15(12-19(16)23-3)22-10-9-21-20(22)17-6-4-5-14-11-18(14)17;1-2/h4-10,12-14,18H,11H2,1-3H3;1-2H3. The highest BCUT2D eigenvalue weighted by Crippen LogP contribution is 2.50. The number of fused-ring (bicyclic) bond motifs is 1. The predicted octanol–water partition coefficient (Wildman–Crippen LogP) is 5.62. The van der Waals surface area contributed by atoms with Crippen LogP contribution in [0.5, 0.6) is 5.75 Å². The molecule has 25 heavy (non-hydrogen) atoms. The monoisotopic (exact) mass is 336 g/mol. The van der Waals surface area contributed by atoms with Gasteiger partial charge in [-0.3, -0.25) is 4.57 Å². The number of hydrogen-bond donors (Lipinski definition) is 0. The molecule has 2 atom stereocenters. The predicted molar refractivity (Wildman–Crippen MR) is 104 cm³/mol. The lowest BCUT2D eigenvalue weighted by Crippen LogP contribution is -2.04. The third-order valence-electron chi connectivity index (χ3n) is 4.89. The quantitative estimate of drug-likeness (QED) is 0.724. The van der Waals surface area contributed by atoms with E-state index >= 15 is 0 Å². The molecule has 1 heterocycles. The highest BCUT2D eigenvalue weighted by molar-refractivity contribution is 5.70. The van der Waals surface area contributed by atoms with Crippen molar-refractivity contribution >= 4 is 5.57 Å². The van der Waals surface area contributed by atoms with Crippen LogP contribution in [-0.2, 0) is 0 Å². The molecule has 0 aliphatic heterocycles. The van der Waals surface area contributed by atoms with Crippen LogP contribution in [0.2, 0.25) is 0 Å². The maximum Gasteiger partial charge on any atom is 0.140 e. The number of rotatable bonds is 4. The second-order valence-electron chi connectivity index (χ2n) is 6.71. The lowest BCUT2D eigenvalue weighted by molar-refractivity contribution is 0.407. The zero-order chi connectivity index (χ0) is 18.0. The number of aromatic nitrogens is 2. The van der Waals surface area contributed by atoms with Gasteiger partial charge in [0, 0.05) is 18.5 Å². The first-order chi connectivity index (χ1) is 12.2.